The smallest absolute Gasteiger partial charge is 0.291 e. The van der Waals surface area contributed by atoms with Crippen LogP contribution in [0.5, 0.6) is 5.75 Å². The van der Waals surface area contributed by atoms with Crippen LogP contribution < -0.4 is 10.1 Å². The summed E-state index contributed by atoms with van der Waals surface area (Å²) in [5.74, 6) is 0.197. The molecule has 2 aromatic heterocycles. The van der Waals surface area contributed by atoms with E-state index in [2.05, 4.69) is 23.3 Å². The Morgan fingerprint density at radius 2 is 1.92 bits per heavy atom. The highest BCUT2D eigenvalue weighted by atomic mass is 35.5. The number of ether oxygens (including phenoxy) is 1. The van der Waals surface area contributed by atoms with E-state index in [9.17, 15) is 14.9 Å². The van der Waals surface area contributed by atoms with Crippen LogP contribution in [0.15, 0.2) is 77.2 Å². The van der Waals surface area contributed by atoms with Gasteiger partial charge in [0.05, 0.1) is 26.2 Å². The maximum atomic E-state index is 12.6. The Hall–Kier alpha value is -4.21. The lowest BCUT2D eigenvalue weighted by molar-refractivity contribution is -0.384. The van der Waals surface area contributed by atoms with E-state index < -0.39 is 10.8 Å². The number of non-ortho nitro benzene ring substituents is 1. The molecule has 0 bridgehead atoms. The normalized spacial score (nSPS) is 10.9. The Labute approximate surface area is 214 Å². The summed E-state index contributed by atoms with van der Waals surface area (Å²) in [6.07, 6.45) is 0. The number of nitrogens with zero attached hydrogens (tertiary/aromatic N) is 2. The number of thiazole rings is 1. The van der Waals surface area contributed by atoms with E-state index in [1.807, 2.05) is 36.4 Å². The molecule has 5 aromatic rings. The van der Waals surface area contributed by atoms with Gasteiger partial charge in [-0.3, -0.25) is 14.9 Å². The highest BCUT2D eigenvalue weighted by Gasteiger charge is 2.15. The Bertz CT molecular complexity index is 1590. The van der Waals surface area contributed by atoms with Gasteiger partial charge >= 0.3 is 0 Å². The summed E-state index contributed by atoms with van der Waals surface area (Å²) in [6.45, 7) is 2.00. The third kappa shape index (κ3) is 5.07. The van der Waals surface area contributed by atoms with Crippen LogP contribution in [-0.4, -0.2) is 15.8 Å². The molecule has 1 N–H and O–H groups in total. The summed E-state index contributed by atoms with van der Waals surface area (Å²) < 4.78 is 12.2. The van der Waals surface area contributed by atoms with E-state index in [4.69, 9.17) is 20.8 Å². The van der Waals surface area contributed by atoms with Crippen molar-refractivity contribution >= 4 is 50.4 Å². The number of benzene rings is 3. The van der Waals surface area contributed by atoms with Crippen LogP contribution in [0.1, 0.15) is 21.9 Å². The van der Waals surface area contributed by atoms with Gasteiger partial charge in [0.2, 0.25) is 0 Å². The zero-order chi connectivity index (χ0) is 25.2. The van der Waals surface area contributed by atoms with Crippen molar-refractivity contribution in [3.63, 3.8) is 0 Å². The number of carbonyl (C=O) groups is 1. The molecule has 8 nitrogen and oxygen atoms in total. The summed E-state index contributed by atoms with van der Waals surface area (Å²) >= 11 is 7.67. The van der Waals surface area contributed by atoms with Crippen molar-refractivity contribution in [3.05, 3.63) is 105 Å². The molecular formula is C26H18ClN3O5S. The second kappa shape index (κ2) is 9.80. The minimum atomic E-state index is -0.537. The number of amides is 1. The first-order chi connectivity index (χ1) is 17.4. The minimum Gasteiger partial charge on any atom is -0.484 e. The molecule has 3 aromatic carbocycles. The van der Waals surface area contributed by atoms with Crippen molar-refractivity contribution in [2.24, 2.45) is 0 Å². The van der Waals surface area contributed by atoms with Crippen LogP contribution in [-0.2, 0) is 6.61 Å². The van der Waals surface area contributed by atoms with Gasteiger partial charge in [-0.1, -0.05) is 17.7 Å². The third-order valence-corrected chi connectivity index (χ3v) is 6.69. The lowest BCUT2D eigenvalue weighted by Crippen LogP contribution is -2.10. The van der Waals surface area contributed by atoms with Gasteiger partial charge in [0.1, 0.15) is 23.1 Å². The van der Waals surface area contributed by atoms with Gasteiger partial charge in [-0.15, -0.1) is 11.3 Å². The standard InChI is InChI=1S/C26H18ClN3O5S/c1-15-2-10-21-24(12-15)36-26(29-21)16-3-5-17(6-4-16)28-25(31)22-11-8-19(35-22)14-34-23-13-18(30(32)33)7-9-20(23)27/h2-13H,14H2,1H3,(H,28,31). The molecule has 0 aliphatic carbocycles. The van der Waals surface area contributed by atoms with Gasteiger partial charge in [-0.25, -0.2) is 4.98 Å². The summed E-state index contributed by atoms with van der Waals surface area (Å²) in [4.78, 5) is 27.7. The minimum absolute atomic E-state index is 0.0510. The van der Waals surface area contributed by atoms with Gasteiger partial charge in [0.15, 0.2) is 5.76 Å². The molecule has 0 saturated heterocycles. The van der Waals surface area contributed by atoms with E-state index in [1.54, 1.807) is 17.4 Å². The molecule has 2 heterocycles. The van der Waals surface area contributed by atoms with E-state index in [-0.39, 0.29) is 28.8 Å². The number of furan rings is 1. The summed E-state index contributed by atoms with van der Waals surface area (Å²) in [7, 11) is 0. The van der Waals surface area contributed by atoms with Gasteiger partial charge in [-0.2, -0.15) is 0 Å². The monoisotopic (exact) mass is 519 g/mol. The molecule has 0 fully saturated rings. The molecule has 0 spiro atoms. The first kappa shape index (κ1) is 23.5. The summed E-state index contributed by atoms with van der Waals surface area (Å²) in [6, 6.07) is 20.6. The number of nitro groups is 1. The molecule has 180 valence electrons. The number of rotatable bonds is 7. The number of nitro benzene ring substituents is 1. The number of fused-ring (bicyclic) bond motifs is 1. The Balaban J connectivity index is 1.22. The topological polar surface area (TPSA) is 108 Å². The SMILES string of the molecule is Cc1ccc2nc(-c3ccc(NC(=O)c4ccc(COc5cc([N+](=O)[O-])ccc5Cl)o4)cc3)sc2c1. The highest BCUT2D eigenvalue weighted by Crippen LogP contribution is 2.32. The van der Waals surface area contributed by atoms with E-state index in [0.717, 1.165) is 20.8 Å². The average molecular weight is 520 g/mol. The number of aryl methyl sites for hydroxylation is 1. The number of anilines is 1. The van der Waals surface area contributed by atoms with Gasteiger partial charge in [0, 0.05) is 17.3 Å². The van der Waals surface area contributed by atoms with Crippen molar-refractivity contribution in [1.82, 2.24) is 4.98 Å². The largest absolute Gasteiger partial charge is 0.484 e. The average Bonchev–Trinajstić information content (AvgIpc) is 3.51. The zero-order valence-electron chi connectivity index (χ0n) is 18.9. The third-order valence-electron chi connectivity index (χ3n) is 5.31. The predicted molar refractivity (Wildman–Crippen MR) is 139 cm³/mol. The van der Waals surface area contributed by atoms with Crippen molar-refractivity contribution in [2.75, 3.05) is 5.32 Å². The molecular weight excluding hydrogens is 502 g/mol. The predicted octanol–water partition coefficient (Wildman–Crippen LogP) is 7.26. The number of hydrogen-bond donors (Lipinski definition) is 1. The summed E-state index contributed by atoms with van der Waals surface area (Å²) in [5.41, 5.74) is 3.58. The first-order valence-corrected chi connectivity index (χ1v) is 12.0. The second-order valence-corrected chi connectivity index (χ2v) is 9.39. The Kier molecular flexibility index (Phi) is 6.41. The molecule has 0 saturated carbocycles. The first-order valence-electron chi connectivity index (χ1n) is 10.8. The van der Waals surface area contributed by atoms with Crippen molar-refractivity contribution in [1.29, 1.82) is 0 Å². The summed E-state index contributed by atoms with van der Waals surface area (Å²) in [5, 5.41) is 14.9. The number of aromatic nitrogens is 1. The fraction of sp³-hybridized carbons (Fsp3) is 0.0769. The lowest BCUT2D eigenvalue weighted by atomic mass is 10.2. The highest BCUT2D eigenvalue weighted by molar-refractivity contribution is 7.21. The van der Waals surface area contributed by atoms with E-state index in [0.29, 0.717) is 11.4 Å². The zero-order valence-corrected chi connectivity index (χ0v) is 20.4. The fourth-order valence-corrected chi connectivity index (χ4v) is 4.73. The maximum Gasteiger partial charge on any atom is 0.291 e. The number of nitrogens with one attached hydrogen (secondary N) is 1. The molecule has 1 amide bonds. The number of hydrogen-bond acceptors (Lipinski definition) is 7. The van der Waals surface area contributed by atoms with Gasteiger partial charge in [0.25, 0.3) is 11.6 Å². The van der Waals surface area contributed by atoms with Crippen molar-refractivity contribution in [3.8, 4) is 16.3 Å². The molecule has 36 heavy (non-hydrogen) atoms. The maximum absolute atomic E-state index is 12.6. The molecule has 0 aliphatic rings. The fourth-order valence-electron chi connectivity index (χ4n) is 3.49. The van der Waals surface area contributed by atoms with Crippen LogP contribution in [0.2, 0.25) is 5.02 Å². The van der Waals surface area contributed by atoms with Crippen molar-refractivity contribution in [2.45, 2.75) is 13.5 Å². The lowest BCUT2D eigenvalue weighted by Gasteiger charge is -2.06. The number of halogens is 1. The van der Waals surface area contributed by atoms with E-state index >= 15 is 0 Å². The van der Waals surface area contributed by atoms with Crippen LogP contribution in [0, 0.1) is 17.0 Å². The molecule has 5 rings (SSSR count). The molecule has 0 unspecified atom stereocenters. The Morgan fingerprint density at radius 1 is 1.11 bits per heavy atom. The van der Waals surface area contributed by atoms with Crippen LogP contribution in [0.3, 0.4) is 0 Å². The van der Waals surface area contributed by atoms with E-state index in [1.165, 1.54) is 29.8 Å². The molecule has 10 heteroatoms. The van der Waals surface area contributed by atoms with Gasteiger partial charge < -0.3 is 14.5 Å². The van der Waals surface area contributed by atoms with Crippen molar-refractivity contribution < 1.29 is 18.9 Å². The number of carbonyl (C=O) groups excluding carboxylic acids is 1. The molecule has 0 radical (unpaired) electrons. The molecule has 0 aliphatic heterocycles. The van der Waals surface area contributed by atoms with Crippen LogP contribution >= 0.6 is 22.9 Å². The van der Waals surface area contributed by atoms with Crippen LogP contribution in [0.4, 0.5) is 11.4 Å². The van der Waals surface area contributed by atoms with Crippen LogP contribution in [0.25, 0.3) is 20.8 Å². The second-order valence-electron chi connectivity index (χ2n) is 7.95. The molecule has 0 atom stereocenters. The Morgan fingerprint density at radius 3 is 2.69 bits per heavy atom. The van der Waals surface area contributed by atoms with Gasteiger partial charge in [-0.05, 0) is 67.1 Å². The quantitative estimate of drug-likeness (QED) is 0.179.